The van der Waals surface area contributed by atoms with E-state index in [1.165, 1.54) is 0 Å². The highest BCUT2D eigenvalue weighted by Crippen LogP contribution is 2.26. The SMILES string of the molecule is COc1cc([Si](C)(O[Si](C)(C)C)O[Si](C)(C)C)ccc1Cl. The van der Waals surface area contributed by atoms with Gasteiger partial charge in [0.15, 0.2) is 16.6 Å². The van der Waals surface area contributed by atoms with Gasteiger partial charge in [0.2, 0.25) is 0 Å². The molecule has 0 aliphatic rings. The van der Waals surface area contributed by atoms with Gasteiger partial charge >= 0.3 is 8.56 Å². The summed E-state index contributed by atoms with van der Waals surface area (Å²) in [6.07, 6.45) is 0. The standard InChI is InChI=1S/C14H27ClO3Si3/c1-16-14-11-12(9-10-13(14)15)21(8,17-19(2,3)4)18-20(5,6)7/h9-11H,1-8H3. The second kappa shape index (κ2) is 6.56. The molecular weight excluding hydrogens is 336 g/mol. The van der Waals surface area contributed by atoms with Crippen LogP contribution in [-0.2, 0) is 8.23 Å². The van der Waals surface area contributed by atoms with Crippen molar-refractivity contribution in [2.24, 2.45) is 0 Å². The number of rotatable bonds is 6. The van der Waals surface area contributed by atoms with E-state index in [2.05, 4.69) is 45.8 Å². The number of ether oxygens (including phenoxy) is 1. The van der Waals surface area contributed by atoms with Crippen LogP contribution in [0.5, 0.6) is 5.75 Å². The zero-order chi connectivity index (χ0) is 16.5. The van der Waals surface area contributed by atoms with Gasteiger partial charge in [-0.1, -0.05) is 17.7 Å². The van der Waals surface area contributed by atoms with E-state index in [1.54, 1.807) is 7.11 Å². The first kappa shape index (κ1) is 18.9. The Labute approximate surface area is 137 Å². The average Bonchev–Trinajstić information content (AvgIpc) is 2.23. The Hall–Kier alpha value is -0.119. The van der Waals surface area contributed by atoms with Crippen LogP contribution in [0.25, 0.3) is 0 Å². The molecule has 1 aromatic carbocycles. The van der Waals surface area contributed by atoms with Crippen molar-refractivity contribution in [3.05, 3.63) is 23.2 Å². The highest BCUT2D eigenvalue weighted by Gasteiger charge is 2.42. The third-order valence-electron chi connectivity index (χ3n) is 2.68. The summed E-state index contributed by atoms with van der Waals surface area (Å²) >= 11 is 6.14. The van der Waals surface area contributed by atoms with Crippen molar-refractivity contribution in [3.8, 4) is 5.75 Å². The average molecular weight is 363 g/mol. The fourth-order valence-electron chi connectivity index (χ4n) is 2.25. The van der Waals surface area contributed by atoms with E-state index in [0.29, 0.717) is 10.8 Å². The van der Waals surface area contributed by atoms with Gasteiger partial charge in [0.1, 0.15) is 5.75 Å². The van der Waals surface area contributed by atoms with Crippen LogP contribution in [0.15, 0.2) is 18.2 Å². The minimum Gasteiger partial charge on any atom is -0.495 e. The summed E-state index contributed by atoms with van der Waals surface area (Å²) in [6.45, 7) is 15.3. The molecule has 3 nitrogen and oxygen atoms in total. The molecule has 0 aromatic heterocycles. The summed E-state index contributed by atoms with van der Waals surface area (Å²) in [4.78, 5) is 0. The van der Waals surface area contributed by atoms with E-state index < -0.39 is 25.2 Å². The van der Waals surface area contributed by atoms with Gasteiger partial charge in [-0.2, -0.15) is 0 Å². The molecule has 0 fully saturated rings. The predicted octanol–water partition coefficient (Wildman–Crippen LogP) is 4.33. The first-order valence-corrected chi connectivity index (χ1v) is 16.6. The molecular formula is C14H27ClO3Si3. The second-order valence-corrected chi connectivity index (χ2v) is 20.2. The lowest BCUT2D eigenvalue weighted by molar-refractivity contribution is 0.401. The van der Waals surface area contributed by atoms with Crippen LogP contribution in [0.1, 0.15) is 0 Å². The molecule has 0 aliphatic carbocycles. The predicted molar refractivity (Wildman–Crippen MR) is 98.1 cm³/mol. The van der Waals surface area contributed by atoms with Crippen LogP contribution in [0.2, 0.25) is 50.9 Å². The number of halogens is 1. The molecule has 0 bridgehead atoms. The number of hydrogen-bond acceptors (Lipinski definition) is 3. The summed E-state index contributed by atoms with van der Waals surface area (Å²) in [5, 5.41) is 1.69. The minimum absolute atomic E-state index is 0.610. The molecule has 0 unspecified atom stereocenters. The molecule has 1 rings (SSSR count). The second-order valence-electron chi connectivity index (χ2n) is 7.22. The normalized spacial score (nSPS) is 13.4. The fraction of sp³-hybridized carbons (Fsp3) is 0.571. The van der Waals surface area contributed by atoms with Crippen molar-refractivity contribution in [1.29, 1.82) is 0 Å². The van der Waals surface area contributed by atoms with Crippen molar-refractivity contribution >= 4 is 42.0 Å². The highest BCUT2D eigenvalue weighted by molar-refractivity contribution is 6.94. The van der Waals surface area contributed by atoms with Crippen LogP contribution in [-0.4, -0.2) is 32.3 Å². The third kappa shape index (κ3) is 5.88. The molecule has 0 amide bonds. The largest absolute Gasteiger partial charge is 0.495 e. The Bertz CT molecular complexity index is 479. The number of methoxy groups -OCH3 is 1. The topological polar surface area (TPSA) is 27.7 Å². The number of hydrogen-bond donors (Lipinski definition) is 0. The van der Waals surface area contributed by atoms with Gasteiger partial charge < -0.3 is 13.0 Å². The minimum atomic E-state index is -2.48. The monoisotopic (exact) mass is 362 g/mol. The van der Waals surface area contributed by atoms with Crippen LogP contribution >= 0.6 is 11.6 Å². The van der Waals surface area contributed by atoms with E-state index in [0.717, 1.165) is 5.19 Å². The van der Waals surface area contributed by atoms with Gasteiger partial charge in [0, 0.05) is 0 Å². The van der Waals surface area contributed by atoms with Crippen molar-refractivity contribution in [2.75, 3.05) is 7.11 Å². The maximum Gasteiger partial charge on any atom is 0.348 e. The van der Waals surface area contributed by atoms with E-state index in [1.807, 2.05) is 18.2 Å². The maximum absolute atomic E-state index is 6.52. The molecule has 1 aromatic rings. The van der Waals surface area contributed by atoms with Gasteiger partial charge in [0.25, 0.3) is 0 Å². The summed E-state index contributed by atoms with van der Waals surface area (Å²) in [7, 11) is -4.32. The summed E-state index contributed by atoms with van der Waals surface area (Å²) < 4.78 is 18.4. The van der Waals surface area contributed by atoms with Crippen molar-refractivity contribution in [3.63, 3.8) is 0 Å². The first-order chi connectivity index (χ1) is 9.36. The molecule has 0 atom stereocenters. The van der Waals surface area contributed by atoms with E-state index in [9.17, 15) is 0 Å². The molecule has 21 heavy (non-hydrogen) atoms. The van der Waals surface area contributed by atoms with Crippen molar-refractivity contribution < 1.29 is 13.0 Å². The molecule has 0 aliphatic heterocycles. The summed E-state index contributed by atoms with van der Waals surface area (Å²) in [6, 6.07) is 5.84. The Morgan fingerprint density at radius 1 is 0.857 bits per heavy atom. The molecule has 0 spiro atoms. The Balaban J connectivity index is 3.29. The highest BCUT2D eigenvalue weighted by atomic mass is 35.5. The quantitative estimate of drug-likeness (QED) is 0.705. The van der Waals surface area contributed by atoms with Gasteiger partial charge in [-0.15, -0.1) is 0 Å². The van der Waals surface area contributed by atoms with E-state index in [-0.39, 0.29) is 0 Å². The van der Waals surface area contributed by atoms with Gasteiger partial charge in [-0.25, -0.2) is 0 Å². The Morgan fingerprint density at radius 3 is 1.71 bits per heavy atom. The number of benzene rings is 1. The van der Waals surface area contributed by atoms with E-state index in [4.69, 9.17) is 24.6 Å². The Morgan fingerprint density at radius 2 is 1.33 bits per heavy atom. The molecule has 0 N–H and O–H groups in total. The molecule has 120 valence electrons. The molecule has 0 radical (unpaired) electrons. The summed E-state index contributed by atoms with van der Waals surface area (Å²) in [5.74, 6) is 0.672. The zero-order valence-electron chi connectivity index (χ0n) is 14.3. The lowest BCUT2D eigenvalue weighted by Gasteiger charge is -2.38. The smallest absolute Gasteiger partial charge is 0.348 e. The van der Waals surface area contributed by atoms with Crippen molar-refractivity contribution in [1.82, 2.24) is 0 Å². The Kier molecular flexibility index (Phi) is 5.91. The lowest BCUT2D eigenvalue weighted by atomic mass is 10.3. The van der Waals surface area contributed by atoms with Crippen LogP contribution in [0, 0.1) is 0 Å². The van der Waals surface area contributed by atoms with E-state index >= 15 is 0 Å². The fourth-order valence-corrected chi connectivity index (χ4v) is 14.1. The summed E-state index contributed by atoms with van der Waals surface area (Å²) in [5.41, 5.74) is 0. The third-order valence-corrected chi connectivity index (χ3v) is 12.4. The van der Waals surface area contributed by atoms with Gasteiger partial charge in [0.05, 0.1) is 12.1 Å². The molecule has 0 saturated heterocycles. The first-order valence-electron chi connectivity index (χ1n) is 7.11. The molecule has 7 heteroatoms. The zero-order valence-corrected chi connectivity index (χ0v) is 18.1. The van der Waals surface area contributed by atoms with Gasteiger partial charge in [-0.05, 0) is 63.1 Å². The maximum atomic E-state index is 6.52. The van der Waals surface area contributed by atoms with Crippen LogP contribution in [0.3, 0.4) is 0 Å². The lowest BCUT2D eigenvalue weighted by Crippen LogP contribution is -2.60. The van der Waals surface area contributed by atoms with Crippen LogP contribution in [0.4, 0.5) is 0 Å². The molecule has 0 heterocycles. The molecule has 0 saturated carbocycles. The van der Waals surface area contributed by atoms with Crippen molar-refractivity contribution in [2.45, 2.75) is 45.8 Å². The van der Waals surface area contributed by atoms with Gasteiger partial charge in [-0.3, -0.25) is 0 Å². The van der Waals surface area contributed by atoms with Crippen LogP contribution < -0.4 is 9.92 Å².